The Labute approximate surface area is 199 Å². The van der Waals surface area contributed by atoms with Crippen LogP contribution in [0, 0.1) is 6.92 Å². The van der Waals surface area contributed by atoms with E-state index in [1.807, 2.05) is 25.3 Å². The molecule has 176 valence electrons. The number of rotatable bonds is 9. The van der Waals surface area contributed by atoms with Crippen molar-refractivity contribution in [2.24, 2.45) is 0 Å². The first-order valence-electron chi connectivity index (χ1n) is 11.1. The summed E-state index contributed by atoms with van der Waals surface area (Å²) < 4.78 is 19.4. The summed E-state index contributed by atoms with van der Waals surface area (Å²) in [5, 5.41) is 11.8. The first-order chi connectivity index (χ1) is 16.0. The molecule has 0 aliphatic carbocycles. The van der Waals surface area contributed by atoms with E-state index in [0.717, 1.165) is 30.2 Å². The maximum absolute atomic E-state index is 11.1. The zero-order valence-electron chi connectivity index (χ0n) is 18.8. The lowest BCUT2D eigenvalue weighted by Gasteiger charge is -2.30. The highest BCUT2D eigenvalue weighted by atomic mass is 35.5. The molecule has 2 heterocycles. The van der Waals surface area contributed by atoms with Gasteiger partial charge in [-0.15, -0.1) is 0 Å². The van der Waals surface area contributed by atoms with Crippen molar-refractivity contribution in [3.8, 4) is 11.5 Å². The molecule has 1 fully saturated rings. The molecule has 0 spiro atoms. The van der Waals surface area contributed by atoms with E-state index >= 15 is 0 Å². The van der Waals surface area contributed by atoms with Crippen LogP contribution in [0.2, 0.25) is 5.02 Å². The first-order valence-corrected chi connectivity index (χ1v) is 11.5. The van der Waals surface area contributed by atoms with Crippen LogP contribution in [0.15, 0.2) is 60.9 Å². The molecule has 3 aromatic rings. The van der Waals surface area contributed by atoms with E-state index in [1.165, 1.54) is 0 Å². The average molecular weight is 472 g/mol. The number of hydrogen-bond donors (Lipinski definition) is 1. The minimum absolute atomic E-state index is 0.147. The van der Waals surface area contributed by atoms with Gasteiger partial charge in [0, 0.05) is 37.1 Å². The summed E-state index contributed by atoms with van der Waals surface area (Å²) in [6.07, 6.45) is 3.75. The van der Waals surface area contributed by atoms with Crippen LogP contribution >= 0.6 is 11.6 Å². The van der Waals surface area contributed by atoms with Crippen LogP contribution in [-0.4, -0.2) is 64.7 Å². The second kappa shape index (κ2) is 11.0. The summed E-state index contributed by atoms with van der Waals surface area (Å²) in [5.74, 6) is 2.49. The number of imidazole rings is 1. The van der Waals surface area contributed by atoms with Crippen molar-refractivity contribution >= 4 is 11.6 Å². The highest BCUT2D eigenvalue weighted by molar-refractivity contribution is 6.30. The fourth-order valence-electron chi connectivity index (χ4n) is 3.82. The molecule has 1 aromatic heterocycles. The monoisotopic (exact) mass is 471 g/mol. The molecule has 1 aliphatic heterocycles. The van der Waals surface area contributed by atoms with E-state index in [-0.39, 0.29) is 13.2 Å². The van der Waals surface area contributed by atoms with Crippen molar-refractivity contribution in [3.63, 3.8) is 0 Å². The molecule has 1 unspecified atom stereocenters. The van der Waals surface area contributed by atoms with E-state index < -0.39 is 5.60 Å². The summed E-state index contributed by atoms with van der Waals surface area (Å²) in [6.45, 7) is 6.19. The van der Waals surface area contributed by atoms with Crippen molar-refractivity contribution < 1.29 is 19.3 Å². The Morgan fingerprint density at radius 1 is 1.09 bits per heavy atom. The van der Waals surface area contributed by atoms with Gasteiger partial charge in [-0.2, -0.15) is 0 Å². The largest absolute Gasteiger partial charge is 0.492 e. The van der Waals surface area contributed by atoms with Gasteiger partial charge in [0.1, 0.15) is 36.1 Å². The van der Waals surface area contributed by atoms with Gasteiger partial charge in [0.2, 0.25) is 0 Å². The number of aryl methyl sites for hydroxylation is 1. The summed E-state index contributed by atoms with van der Waals surface area (Å²) in [5.41, 5.74) is 0.0562. The zero-order chi connectivity index (χ0) is 23.1. The van der Waals surface area contributed by atoms with E-state index in [1.54, 1.807) is 30.5 Å². The molecule has 1 N–H and O–H groups in total. The number of aliphatic hydroxyl groups is 1. The van der Waals surface area contributed by atoms with E-state index in [2.05, 4.69) is 26.6 Å². The molecule has 8 heteroatoms. The van der Waals surface area contributed by atoms with Crippen LogP contribution in [0.5, 0.6) is 11.5 Å². The minimum atomic E-state index is -1.09. The Balaban J connectivity index is 1.28. The van der Waals surface area contributed by atoms with Crippen molar-refractivity contribution in [3.05, 3.63) is 77.3 Å². The summed E-state index contributed by atoms with van der Waals surface area (Å²) in [7, 11) is 0. The first kappa shape index (κ1) is 23.6. The van der Waals surface area contributed by atoms with Gasteiger partial charge in [-0.1, -0.05) is 23.7 Å². The molecular weight excluding hydrogens is 442 g/mol. The summed E-state index contributed by atoms with van der Waals surface area (Å²) >= 11 is 5.92. The normalized spacial score (nSPS) is 19.2. The molecule has 1 saturated heterocycles. The van der Waals surface area contributed by atoms with Crippen LogP contribution in [0.3, 0.4) is 0 Å². The quantitative estimate of drug-likeness (QED) is 0.514. The highest BCUT2D eigenvalue weighted by Crippen LogP contribution is 2.21. The molecule has 0 saturated carbocycles. The van der Waals surface area contributed by atoms with Crippen LogP contribution in [0.4, 0.5) is 0 Å². The molecule has 0 radical (unpaired) electrons. The Morgan fingerprint density at radius 3 is 2.55 bits per heavy atom. The van der Waals surface area contributed by atoms with Crippen LogP contribution in [0.1, 0.15) is 11.4 Å². The number of nitrogens with zero attached hydrogens (tertiary/aromatic N) is 3. The van der Waals surface area contributed by atoms with Gasteiger partial charge >= 0.3 is 0 Å². The second-order valence-corrected chi connectivity index (χ2v) is 8.83. The third-order valence-electron chi connectivity index (χ3n) is 5.62. The van der Waals surface area contributed by atoms with Crippen LogP contribution < -0.4 is 9.47 Å². The standard InChI is InChI=1S/C25H30ClN3O4/c1-20-27-10-11-29(20)13-15-32-23-6-2-21(3-7-23)16-28-12-14-31-18-25(30,17-28)19-33-24-8-4-22(26)5-9-24/h2-11,30H,12-19H2,1H3. The second-order valence-electron chi connectivity index (χ2n) is 8.39. The molecule has 1 atom stereocenters. The van der Waals surface area contributed by atoms with Crippen molar-refractivity contribution in [1.82, 2.24) is 14.5 Å². The molecule has 0 amide bonds. The van der Waals surface area contributed by atoms with Crippen molar-refractivity contribution in [2.45, 2.75) is 25.6 Å². The fourth-order valence-corrected chi connectivity index (χ4v) is 3.94. The van der Waals surface area contributed by atoms with Gasteiger partial charge in [-0.3, -0.25) is 4.90 Å². The highest BCUT2D eigenvalue weighted by Gasteiger charge is 2.33. The maximum atomic E-state index is 11.1. The van der Waals surface area contributed by atoms with Gasteiger partial charge in [-0.05, 0) is 48.9 Å². The lowest BCUT2D eigenvalue weighted by molar-refractivity contribution is -0.0646. The van der Waals surface area contributed by atoms with Gasteiger partial charge in [-0.25, -0.2) is 4.98 Å². The molecule has 0 bridgehead atoms. The number of ether oxygens (including phenoxy) is 3. The van der Waals surface area contributed by atoms with E-state index in [9.17, 15) is 5.11 Å². The van der Waals surface area contributed by atoms with Gasteiger partial charge in [0.25, 0.3) is 0 Å². The third-order valence-corrected chi connectivity index (χ3v) is 5.87. The zero-order valence-corrected chi connectivity index (χ0v) is 19.6. The lowest BCUT2D eigenvalue weighted by Crippen LogP contribution is -2.48. The predicted octanol–water partition coefficient (Wildman–Crippen LogP) is 3.57. The van der Waals surface area contributed by atoms with Crippen LogP contribution in [-0.2, 0) is 17.8 Å². The van der Waals surface area contributed by atoms with Crippen molar-refractivity contribution in [1.29, 1.82) is 0 Å². The number of aromatic nitrogens is 2. The SMILES string of the molecule is Cc1nccn1CCOc1ccc(CN2CCOCC(O)(COc3ccc(Cl)cc3)C2)cc1. The fraction of sp³-hybridized carbons (Fsp3) is 0.400. The van der Waals surface area contributed by atoms with E-state index in [0.29, 0.717) is 37.1 Å². The minimum Gasteiger partial charge on any atom is -0.492 e. The third kappa shape index (κ3) is 6.95. The topological polar surface area (TPSA) is 69.0 Å². The molecule has 7 nitrogen and oxygen atoms in total. The Morgan fingerprint density at radius 2 is 1.82 bits per heavy atom. The van der Waals surface area contributed by atoms with Crippen LogP contribution in [0.25, 0.3) is 0 Å². The van der Waals surface area contributed by atoms with E-state index in [4.69, 9.17) is 25.8 Å². The Hall–Kier alpha value is -2.58. The number of halogens is 1. The predicted molar refractivity (Wildman–Crippen MR) is 127 cm³/mol. The van der Waals surface area contributed by atoms with Crippen molar-refractivity contribution in [2.75, 3.05) is 39.5 Å². The average Bonchev–Trinajstić information content (AvgIpc) is 3.12. The molecule has 2 aromatic carbocycles. The molecule has 33 heavy (non-hydrogen) atoms. The molecule has 4 rings (SSSR count). The maximum Gasteiger partial charge on any atom is 0.134 e. The number of β-amino-alcohol motifs (C(OH)–C–C–N with tert-alkyl or cyclic N) is 1. The van der Waals surface area contributed by atoms with Gasteiger partial charge in [0.05, 0.1) is 19.8 Å². The lowest BCUT2D eigenvalue weighted by atomic mass is 10.1. The summed E-state index contributed by atoms with van der Waals surface area (Å²) in [4.78, 5) is 6.41. The van der Waals surface area contributed by atoms with Gasteiger partial charge < -0.3 is 23.9 Å². The number of hydrogen-bond acceptors (Lipinski definition) is 6. The Bertz CT molecular complexity index is 1010. The number of benzene rings is 2. The van der Waals surface area contributed by atoms with Gasteiger partial charge in [0.15, 0.2) is 0 Å². The Kier molecular flexibility index (Phi) is 7.88. The summed E-state index contributed by atoms with van der Waals surface area (Å²) in [6, 6.07) is 15.2. The molecule has 1 aliphatic rings. The molecular formula is C25H30ClN3O4. The smallest absolute Gasteiger partial charge is 0.134 e.